The number of nitro benzene ring substituents is 1. The van der Waals surface area contributed by atoms with Gasteiger partial charge in [0.25, 0.3) is 11.6 Å². The molecule has 104 valence electrons. The van der Waals surface area contributed by atoms with Crippen molar-refractivity contribution in [2.75, 3.05) is 0 Å². The quantitative estimate of drug-likeness (QED) is 0.606. The van der Waals surface area contributed by atoms with Gasteiger partial charge in [0.1, 0.15) is 0 Å². The molecule has 6 nitrogen and oxygen atoms in total. The fourth-order valence-electron chi connectivity index (χ4n) is 1.41. The van der Waals surface area contributed by atoms with Gasteiger partial charge in [0.15, 0.2) is 10.9 Å². The molecule has 1 aromatic carbocycles. The number of nitro groups is 1. The highest BCUT2D eigenvalue weighted by atomic mass is 79.9. The van der Waals surface area contributed by atoms with Gasteiger partial charge in [-0.1, -0.05) is 11.6 Å². The minimum Gasteiger partial charge on any atom is -0.435 e. The zero-order chi connectivity index (χ0) is 14.9. The molecule has 0 saturated carbocycles. The van der Waals surface area contributed by atoms with Gasteiger partial charge in [-0.05, 0) is 35.8 Å². The summed E-state index contributed by atoms with van der Waals surface area (Å²) in [6.45, 7) is 3.55. The van der Waals surface area contributed by atoms with Crippen LogP contribution in [0.2, 0.25) is 5.15 Å². The first-order valence-electron chi connectivity index (χ1n) is 5.51. The molecular formula is C12H9BrClN3O3. The molecule has 0 saturated heterocycles. The zero-order valence-corrected chi connectivity index (χ0v) is 12.9. The van der Waals surface area contributed by atoms with Crippen molar-refractivity contribution in [1.29, 1.82) is 0 Å². The fourth-order valence-corrected chi connectivity index (χ4v) is 1.94. The van der Waals surface area contributed by atoms with Crippen molar-refractivity contribution in [1.82, 2.24) is 9.97 Å². The van der Waals surface area contributed by atoms with E-state index in [9.17, 15) is 10.1 Å². The van der Waals surface area contributed by atoms with Gasteiger partial charge in [0.2, 0.25) is 0 Å². The normalized spacial score (nSPS) is 10.4. The summed E-state index contributed by atoms with van der Waals surface area (Å²) >= 11 is 9.21. The number of benzene rings is 1. The van der Waals surface area contributed by atoms with E-state index in [4.69, 9.17) is 16.3 Å². The van der Waals surface area contributed by atoms with Crippen molar-refractivity contribution in [2.45, 2.75) is 13.8 Å². The Hall–Kier alpha value is -1.73. The Balaban J connectivity index is 2.42. The van der Waals surface area contributed by atoms with E-state index in [2.05, 4.69) is 25.9 Å². The molecule has 0 radical (unpaired) electrons. The number of hydrogen-bond donors (Lipinski definition) is 0. The van der Waals surface area contributed by atoms with E-state index in [1.807, 2.05) is 0 Å². The summed E-state index contributed by atoms with van der Waals surface area (Å²) < 4.78 is 6.06. The van der Waals surface area contributed by atoms with Crippen LogP contribution in [-0.2, 0) is 0 Å². The third-order valence-corrected chi connectivity index (χ3v) is 3.47. The van der Waals surface area contributed by atoms with Crippen molar-refractivity contribution in [3.05, 3.63) is 49.3 Å². The first-order valence-corrected chi connectivity index (χ1v) is 6.68. The molecule has 20 heavy (non-hydrogen) atoms. The van der Waals surface area contributed by atoms with Crippen LogP contribution in [-0.4, -0.2) is 14.9 Å². The predicted molar refractivity (Wildman–Crippen MR) is 77.4 cm³/mol. The first-order chi connectivity index (χ1) is 9.38. The number of nitrogens with zero attached hydrogens (tertiary/aromatic N) is 3. The van der Waals surface area contributed by atoms with E-state index < -0.39 is 4.92 Å². The molecule has 0 aliphatic heterocycles. The van der Waals surface area contributed by atoms with Crippen molar-refractivity contribution in [2.24, 2.45) is 0 Å². The monoisotopic (exact) mass is 357 g/mol. The van der Waals surface area contributed by atoms with Crippen LogP contribution in [0.25, 0.3) is 0 Å². The maximum absolute atomic E-state index is 10.8. The topological polar surface area (TPSA) is 78.2 Å². The maximum Gasteiger partial charge on any atom is 0.273 e. The molecule has 2 aromatic rings. The lowest BCUT2D eigenvalue weighted by Crippen LogP contribution is -1.98. The number of aryl methyl sites for hydroxylation is 2. The van der Waals surface area contributed by atoms with Gasteiger partial charge < -0.3 is 4.74 Å². The molecule has 2 rings (SSSR count). The van der Waals surface area contributed by atoms with Crippen LogP contribution in [0, 0.1) is 24.0 Å². The summed E-state index contributed by atoms with van der Waals surface area (Å²) in [5.74, 6) is 0.356. The molecule has 0 atom stereocenters. The van der Waals surface area contributed by atoms with Crippen molar-refractivity contribution < 1.29 is 9.66 Å². The Labute approximate surface area is 128 Å². The Morgan fingerprint density at radius 1 is 1.30 bits per heavy atom. The average molecular weight is 359 g/mol. The van der Waals surface area contributed by atoms with E-state index in [1.54, 1.807) is 13.8 Å². The summed E-state index contributed by atoms with van der Waals surface area (Å²) in [6, 6.07) is 4.18. The number of non-ortho nitro benzene ring substituents is 1. The fraction of sp³-hybridized carbons (Fsp3) is 0.167. The van der Waals surface area contributed by atoms with Gasteiger partial charge in [-0.25, -0.2) is 9.97 Å². The SMILES string of the molecule is Cc1nc(Cl)c(Oc2cc([N+](=O)[O-])ccc2Br)nc1C. The highest BCUT2D eigenvalue weighted by Gasteiger charge is 2.15. The second-order valence-electron chi connectivity index (χ2n) is 3.96. The smallest absolute Gasteiger partial charge is 0.273 e. The van der Waals surface area contributed by atoms with E-state index >= 15 is 0 Å². The minimum atomic E-state index is -0.507. The lowest BCUT2D eigenvalue weighted by Gasteiger charge is -2.09. The molecule has 0 aliphatic carbocycles. The summed E-state index contributed by atoms with van der Waals surface area (Å²) in [6.07, 6.45) is 0. The summed E-state index contributed by atoms with van der Waals surface area (Å²) in [5.41, 5.74) is 1.28. The lowest BCUT2D eigenvalue weighted by atomic mass is 10.3. The molecule has 0 unspecified atom stereocenters. The number of halogens is 2. The van der Waals surface area contributed by atoms with Gasteiger partial charge in [-0.2, -0.15) is 0 Å². The van der Waals surface area contributed by atoms with Crippen LogP contribution in [0.1, 0.15) is 11.4 Å². The molecule has 0 bridgehead atoms. The summed E-state index contributed by atoms with van der Waals surface area (Å²) in [5, 5.41) is 10.9. The Morgan fingerprint density at radius 2 is 1.95 bits per heavy atom. The van der Waals surface area contributed by atoms with Crippen LogP contribution in [0.4, 0.5) is 5.69 Å². The van der Waals surface area contributed by atoms with Crippen LogP contribution >= 0.6 is 27.5 Å². The Bertz CT molecular complexity index is 694. The highest BCUT2D eigenvalue weighted by Crippen LogP contribution is 2.34. The molecule has 0 aliphatic rings. The molecular weight excluding hydrogens is 350 g/mol. The molecule has 1 aromatic heterocycles. The number of hydrogen-bond acceptors (Lipinski definition) is 5. The van der Waals surface area contributed by atoms with Crippen molar-refractivity contribution in [3.8, 4) is 11.6 Å². The van der Waals surface area contributed by atoms with Crippen LogP contribution in [0.15, 0.2) is 22.7 Å². The number of ether oxygens (including phenoxy) is 1. The molecule has 0 fully saturated rings. The number of rotatable bonds is 3. The van der Waals surface area contributed by atoms with Gasteiger partial charge >= 0.3 is 0 Å². The largest absolute Gasteiger partial charge is 0.435 e. The third-order valence-electron chi connectivity index (χ3n) is 2.57. The Morgan fingerprint density at radius 3 is 2.60 bits per heavy atom. The van der Waals surface area contributed by atoms with Gasteiger partial charge in [-0.3, -0.25) is 10.1 Å². The Kier molecular flexibility index (Phi) is 4.20. The third kappa shape index (κ3) is 3.05. The van der Waals surface area contributed by atoms with Crippen molar-refractivity contribution in [3.63, 3.8) is 0 Å². The van der Waals surface area contributed by atoms with Crippen molar-refractivity contribution >= 4 is 33.2 Å². The van der Waals surface area contributed by atoms with Gasteiger partial charge in [-0.15, -0.1) is 0 Å². The zero-order valence-electron chi connectivity index (χ0n) is 10.6. The molecule has 0 N–H and O–H groups in total. The summed E-state index contributed by atoms with van der Waals surface area (Å²) in [4.78, 5) is 18.5. The highest BCUT2D eigenvalue weighted by molar-refractivity contribution is 9.10. The van der Waals surface area contributed by atoms with E-state index in [1.165, 1.54) is 18.2 Å². The van der Waals surface area contributed by atoms with E-state index in [-0.39, 0.29) is 22.5 Å². The second-order valence-corrected chi connectivity index (χ2v) is 5.18. The maximum atomic E-state index is 10.8. The number of aromatic nitrogens is 2. The standard InChI is InChI=1S/C12H9BrClN3O3/c1-6-7(2)16-12(11(14)15-6)20-10-5-8(17(18)19)3-4-9(10)13/h3-5H,1-2H3. The second kappa shape index (κ2) is 5.72. The molecule has 8 heteroatoms. The minimum absolute atomic E-state index is 0.0869. The molecule has 0 spiro atoms. The van der Waals surface area contributed by atoms with E-state index in [0.29, 0.717) is 15.9 Å². The first kappa shape index (κ1) is 14.7. The van der Waals surface area contributed by atoms with Crippen LogP contribution < -0.4 is 4.74 Å². The van der Waals surface area contributed by atoms with Gasteiger partial charge in [0, 0.05) is 6.07 Å². The predicted octanol–water partition coefficient (Wildman–Crippen LogP) is 4.21. The molecule has 0 amide bonds. The lowest BCUT2D eigenvalue weighted by molar-refractivity contribution is -0.384. The van der Waals surface area contributed by atoms with E-state index in [0.717, 1.165) is 0 Å². The average Bonchev–Trinajstić information content (AvgIpc) is 2.38. The molecule has 1 heterocycles. The van der Waals surface area contributed by atoms with Gasteiger partial charge in [0.05, 0.1) is 26.9 Å². The van der Waals surface area contributed by atoms with Crippen LogP contribution in [0.5, 0.6) is 11.6 Å². The summed E-state index contributed by atoms with van der Waals surface area (Å²) in [7, 11) is 0. The van der Waals surface area contributed by atoms with Crippen LogP contribution in [0.3, 0.4) is 0 Å².